The molecule has 0 fully saturated rings. The SMILES string of the molecule is CCOc1ccc(N(CC(=O)N2CCc3ccccc32)S(=O)(=O)c2ccc(F)cc2)cc1. The van der Waals surface area contributed by atoms with Gasteiger partial charge in [0.25, 0.3) is 10.0 Å². The molecule has 3 aromatic rings. The van der Waals surface area contributed by atoms with Crippen LogP contribution in [0.2, 0.25) is 0 Å². The predicted molar refractivity (Wildman–Crippen MR) is 121 cm³/mol. The molecule has 0 aliphatic carbocycles. The summed E-state index contributed by atoms with van der Waals surface area (Å²) in [5, 5.41) is 0. The maximum Gasteiger partial charge on any atom is 0.264 e. The Kier molecular flexibility index (Phi) is 6.14. The smallest absolute Gasteiger partial charge is 0.264 e. The van der Waals surface area contributed by atoms with Gasteiger partial charge >= 0.3 is 0 Å². The second-order valence-electron chi connectivity index (χ2n) is 7.32. The average Bonchev–Trinajstić information content (AvgIpc) is 3.23. The quantitative estimate of drug-likeness (QED) is 0.541. The minimum Gasteiger partial charge on any atom is -0.494 e. The molecule has 6 nitrogen and oxygen atoms in total. The Bertz CT molecular complexity index is 1210. The minimum absolute atomic E-state index is 0.0950. The first-order valence-electron chi connectivity index (χ1n) is 10.3. The van der Waals surface area contributed by atoms with E-state index in [-0.39, 0.29) is 17.3 Å². The van der Waals surface area contributed by atoms with E-state index in [2.05, 4.69) is 0 Å². The molecule has 0 atom stereocenters. The number of para-hydroxylation sites is 1. The summed E-state index contributed by atoms with van der Waals surface area (Å²) in [7, 11) is -4.12. The van der Waals surface area contributed by atoms with E-state index in [0.29, 0.717) is 24.6 Å². The molecule has 0 N–H and O–H groups in total. The molecule has 0 aromatic heterocycles. The van der Waals surface area contributed by atoms with Gasteiger partial charge in [0.1, 0.15) is 18.1 Å². The Hall–Kier alpha value is -3.39. The third-order valence-corrected chi connectivity index (χ3v) is 7.09. The molecule has 0 unspecified atom stereocenters. The number of halogens is 1. The molecule has 32 heavy (non-hydrogen) atoms. The molecule has 3 aromatic carbocycles. The first-order valence-corrected chi connectivity index (χ1v) is 11.7. The van der Waals surface area contributed by atoms with E-state index >= 15 is 0 Å². The van der Waals surface area contributed by atoms with Crippen molar-refractivity contribution in [2.45, 2.75) is 18.2 Å². The molecule has 0 spiro atoms. The van der Waals surface area contributed by atoms with Crippen LogP contribution in [0.5, 0.6) is 5.75 Å². The normalized spacial score (nSPS) is 13.0. The Morgan fingerprint density at radius 3 is 2.41 bits per heavy atom. The fourth-order valence-electron chi connectivity index (χ4n) is 3.73. The molecular formula is C24H23FN2O4S. The van der Waals surface area contributed by atoms with Gasteiger partial charge in [0.15, 0.2) is 0 Å². The fraction of sp³-hybridized carbons (Fsp3) is 0.208. The topological polar surface area (TPSA) is 66.9 Å². The van der Waals surface area contributed by atoms with Crippen molar-refractivity contribution in [1.82, 2.24) is 0 Å². The first kappa shape index (κ1) is 21.8. The van der Waals surface area contributed by atoms with Crippen LogP contribution in [0.15, 0.2) is 77.7 Å². The van der Waals surface area contributed by atoms with Crippen LogP contribution in [0.4, 0.5) is 15.8 Å². The number of anilines is 2. The number of amides is 1. The molecule has 1 aliphatic rings. The van der Waals surface area contributed by atoms with Gasteiger partial charge in [-0.3, -0.25) is 9.10 Å². The fourth-order valence-corrected chi connectivity index (χ4v) is 5.14. The van der Waals surface area contributed by atoms with Crippen molar-refractivity contribution in [3.05, 3.63) is 84.2 Å². The van der Waals surface area contributed by atoms with Crippen molar-refractivity contribution in [1.29, 1.82) is 0 Å². The summed E-state index contributed by atoms with van der Waals surface area (Å²) in [6, 6.07) is 18.6. The zero-order valence-corrected chi connectivity index (χ0v) is 18.4. The number of carbonyl (C=O) groups is 1. The lowest BCUT2D eigenvalue weighted by Gasteiger charge is -2.27. The lowest BCUT2D eigenvalue weighted by molar-refractivity contribution is -0.117. The summed E-state index contributed by atoms with van der Waals surface area (Å²) in [4.78, 5) is 14.7. The van der Waals surface area contributed by atoms with Gasteiger partial charge in [-0.15, -0.1) is 0 Å². The zero-order valence-electron chi connectivity index (χ0n) is 17.6. The highest BCUT2D eigenvalue weighted by Crippen LogP contribution is 2.30. The molecular weight excluding hydrogens is 431 g/mol. The number of fused-ring (bicyclic) bond motifs is 1. The maximum atomic E-state index is 13.5. The third kappa shape index (κ3) is 4.31. The van der Waals surface area contributed by atoms with Crippen molar-refractivity contribution >= 4 is 27.3 Å². The van der Waals surface area contributed by atoms with Gasteiger partial charge < -0.3 is 9.64 Å². The lowest BCUT2D eigenvalue weighted by Crippen LogP contribution is -2.42. The Morgan fingerprint density at radius 1 is 1.03 bits per heavy atom. The minimum atomic E-state index is -4.12. The second-order valence-corrected chi connectivity index (χ2v) is 9.18. The highest BCUT2D eigenvalue weighted by molar-refractivity contribution is 7.92. The van der Waals surface area contributed by atoms with Gasteiger partial charge in [0, 0.05) is 12.2 Å². The van der Waals surface area contributed by atoms with Gasteiger partial charge in [-0.05, 0) is 73.5 Å². The van der Waals surface area contributed by atoms with Crippen molar-refractivity contribution in [2.24, 2.45) is 0 Å². The van der Waals surface area contributed by atoms with Crippen LogP contribution < -0.4 is 13.9 Å². The second kappa shape index (κ2) is 9.00. The third-order valence-electron chi connectivity index (χ3n) is 5.30. The van der Waals surface area contributed by atoms with Crippen LogP contribution in [0.1, 0.15) is 12.5 Å². The summed E-state index contributed by atoms with van der Waals surface area (Å²) < 4.78 is 46.8. The predicted octanol–water partition coefficient (Wildman–Crippen LogP) is 4.01. The molecule has 1 heterocycles. The van der Waals surface area contributed by atoms with Crippen molar-refractivity contribution in [3.8, 4) is 5.75 Å². The number of sulfonamides is 1. The van der Waals surface area contributed by atoms with Crippen molar-refractivity contribution in [3.63, 3.8) is 0 Å². The Labute approximate surface area is 186 Å². The Morgan fingerprint density at radius 2 is 1.72 bits per heavy atom. The summed E-state index contributed by atoms with van der Waals surface area (Å²) in [6.45, 7) is 2.43. The first-order chi connectivity index (χ1) is 15.4. The lowest BCUT2D eigenvalue weighted by atomic mass is 10.2. The van der Waals surface area contributed by atoms with Crippen molar-refractivity contribution in [2.75, 3.05) is 28.9 Å². The number of hydrogen-bond acceptors (Lipinski definition) is 4. The Balaban J connectivity index is 1.69. The van der Waals surface area contributed by atoms with E-state index < -0.39 is 15.8 Å². The van der Waals surface area contributed by atoms with E-state index in [0.717, 1.165) is 34.1 Å². The molecule has 8 heteroatoms. The summed E-state index contributed by atoms with van der Waals surface area (Å²) in [6.07, 6.45) is 0.718. The molecule has 4 rings (SSSR count). The van der Waals surface area contributed by atoms with E-state index in [1.807, 2.05) is 31.2 Å². The van der Waals surface area contributed by atoms with E-state index in [1.165, 1.54) is 12.1 Å². The van der Waals surface area contributed by atoms with E-state index in [4.69, 9.17) is 4.74 Å². The number of benzene rings is 3. The van der Waals surface area contributed by atoms with E-state index in [9.17, 15) is 17.6 Å². The molecule has 1 amide bonds. The monoisotopic (exact) mass is 454 g/mol. The number of carbonyl (C=O) groups excluding carboxylic acids is 1. The molecule has 0 radical (unpaired) electrons. The number of ether oxygens (including phenoxy) is 1. The zero-order chi connectivity index (χ0) is 22.7. The number of nitrogens with zero attached hydrogens (tertiary/aromatic N) is 2. The summed E-state index contributed by atoms with van der Waals surface area (Å²) in [5.41, 5.74) is 2.16. The number of rotatable bonds is 7. The standard InChI is InChI=1S/C24H23FN2O4S/c1-2-31-21-11-9-20(10-12-21)27(32(29,30)22-13-7-19(25)8-14-22)17-24(28)26-16-15-18-5-3-4-6-23(18)26/h3-14H,2,15-17H2,1H3. The van der Waals surface area contributed by atoms with Gasteiger partial charge in [-0.2, -0.15) is 0 Å². The largest absolute Gasteiger partial charge is 0.494 e. The van der Waals surface area contributed by atoms with Crippen LogP contribution in [0.25, 0.3) is 0 Å². The average molecular weight is 455 g/mol. The van der Waals surface area contributed by atoms with Crippen LogP contribution in [-0.4, -0.2) is 34.0 Å². The van der Waals surface area contributed by atoms with Crippen molar-refractivity contribution < 1.29 is 22.3 Å². The highest BCUT2D eigenvalue weighted by atomic mass is 32.2. The summed E-state index contributed by atoms with van der Waals surface area (Å²) >= 11 is 0. The summed E-state index contributed by atoms with van der Waals surface area (Å²) in [5.74, 6) is -0.286. The molecule has 0 saturated carbocycles. The van der Waals surface area contributed by atoms with E-state index in [1.54, 1.807) is 29.2 Å². The number of hydrogen-bond donors (Lipinski definition) is 0. The van der Waals surface area contributed by atoms with Crippen LogP contribution in [0, 0.1) is 5.82 Å². The van der Waals surface area contributed by atoms with Gasteiger partial charge in [-0.1, -0.05) is 18.2 Å². The van der Waals surface area contributed by atoms with Gasteiger partial charge in [-0.25, -0.2) is 12.8 Å². The van der Waals surface area contributed by atoms with Gasteiger partial charge in [0.05, 0.1) is 17.2 Å². The van der Waals surface area contributed by atoms with Crippen LogP contribution in [0.3, 0.4) is 0 Å². The van der Waals surface area contributed by atoms with Gasteiger partial charge in [0.2, 0.25) is 5.91 Å². The molecule has 0 saturated heterocycles. The molecule has 1 aliphatic heterocycles. The molecule has 166 valence electrons. The van der Waals surface area contributed by atoms with Crippen LogP contribution in [-0.2, 0) is 21.2 Å². The maximum absolute atomic E-state index is 13.5. The highest BCUT2D eigenvalue weighted by Gasteiger charge is 2.31. The molecule has 0 bridgehead atoms. The van der Waals surface area contributed by atoms with Crippen LogP contribution >= 0.6 is 0 Å².